The van der Waals surface area contributed by atoms with Crippen molar-refractivity contribution in [2.75, 3.05) is 37.7 Å². The highest BCUT2D eigenvalue weighted by Gasteiger charge is 2.46. The summed E-state index contributed by atoms with van der Waals surface area (Å²) in [4.78, 5) is 28.6. The zero-order valence-electron chi connectivity index (χ0n) is 24.6. The molecule has 2 fully saturated rings. The molecule has 1 aliphatic carbocycles. The molecule has 2 amide bonds. The van der Waals surface area contributed by atoms with Gasteiger partial charge in [0.2, 0.25) is 15.9 Å². The number of hydrogen-bond acceptors (Lipinski definition) is 5. The van der Waals surface area contributed by atoms with Crippen molar-refractivity contribution in [3.63, 3.8) is 0 Å². The first-order valence-corrected chi connectivity index (χ1v) is 16.4. The predicted octanol–water partition coefficient (Wildman–Crippen LogP) is 5.64. The smallest absolute Gasteiger partial charge is 0.255 e. The van der Waals surface area contributed by atoms with Crippen molar-refractivity contribution in [1.29, 1.82) is 0 Å². The van der Waals surface area contributed by atoms with Gasteiger partial charge in [0.15, 0.2) is 0 Å². The van der Waals surface area contributed by atoms with Crippen LogP contribution in [-0.2, 0) is 14.8 Å². The Morgan fingerprint density at radius 3 is 2.32 bits per heavy atom. The Morgan fingerprint density at radius 1 is 1.02 bits per heavy atom. The highest BCUT2D eigenvalue weighted by Crippen LogP contribution is 2.49. The van der Waals surface area contributed by atoms with Gasteiger partial charge in [-0.2, -0.15) is 0 Å². The number of nitrogens with zero attached hydrogens (tertiary/aromatic N) is 2. The summed E-state index contributed by atoms with van der Waals surface area (Å²) in [5, 5.41) is 3.14. The number of piperidine rings is 1. The van der Waals surface area contributed by atoms with Gasteiger partial charge >= 0.3 is 0 Å². The van der Waals surface area contributed by atoms with E-state index in [-0.39, 0.29) is 40.8 Å². The maximum Gasteiger partial charge on any atom is 0.255 e. The van der Waals surface area contributed by atoms with Crippen molar-refractivity contribution in [3.05, 3.63) is 89.0 Å². The average molecular weight is 622 g/mol. The molecule has 1 N–H and O–H groups in total. The number of nitrogens with one attached hydrogen (secondary N) is 1. The Kier molecular flexibility index (Phi) is 7.69. The molecule has 1 saturated heterocycles. The molecular formula is C33H33F2N3O5S. The summed E-state index contributed by atoms with van der Waals surface area (Å²) in [5.41, 5.74) is 3.09. The van der Waals surface area contributed by atoms with E-state index < -0.39 is 21.7 Å². The second kappa shape index (κ2) is 11.4. The lowest BCUT2D eigenvalue weighted by molar-refractivity contribution is -0.133. The second-order valence-corrected chi connectivity index (χ2v) is 13.7. The lowest BCUT2D eigenvalue weighted by Crippen LogP contribution is -2.40. The van der Waals surface area contributed by atoms with Crippen LogP contribution in [0.3, 0.4) is 0 Å². The standard InChI is InChI=1S/C33H33F2N3O5S/c1-36-32(39)30-27-16-25(21-5-4-14-38(18-21)33(40)26-15-24(26)19-6-10-22(34)11-7-19)28(37(2)44(3,41)42)17-29(27)43-31(30)20-8-12-23(35)13-9-20/h6-13,16-17,21,24,26H,4-5,14-15,18H2,1-3H3,(H,36,39)/t21-,24?,26?/m1/s1. The maximum atomic E-state index is 13.7. The minimum absolute atomic E-state index is 0.0380. The summed E-state index contributed by atoms with van der Waals surface area (Å²) in [7, 11) is -0.709. The zero-order valence-corrected chi connectivity index (χ0v) is 25.5. The van der Waals surface area contributed by atoms with E-state index in [0.717, 1.165) is 18.2 Å². The first-order chi connectivity index (χ1) is 21.0. The molecule has 0 radical (unpaired) electrons. The van der Waals surface area contributed by atoms with Gasteiger partial charge in [-0.3, -0.25) is 13.9 Å². The number of likely N-dealkylation sites (tertiary alicyclic amines) is 1. The lowest BCUT2D eigenvalue weighted by atomic mass is 9.87. The van der Waals surface area contributed by atoms with Crippen molar-refractivity contribution < 1.29 is 31.2 Å². The normalized spacial score (nSPS) is 20.0. The fourth-order valence-electron chi connectivity index (χ4n) is 6.29. The van der Waals surface area contributed by atoms with Crippen molar-refractivity contribution in [1.82, 2.24) is 10.2 Å². The SMILES string of the molecule is CNC(=O)c1c(-c2ccc(F)cc2)oc2cc(N(C)S(C)(=O)=O)c([C@@H]3CCCN(C(=O)C4CC4c4ccc(F)cc4)C3)cc12. The molecule has 0 bridgehead atoms. The predicted molar refractivity (Wildman–Crippen MR) is 164 cm³/mol. The van der Waals surface area contributed by atoms with Gasteiger partial charge < -0.3 is 14.6 Å². The molecule has 1 aromatic heterocycles. The number of fused-ring (bicyclic) bond motifs is 1. The van der Waals surface area contributed by atoms with Gasteiger partial charge in [0.1, 0.15) is 23.0 Å². The van der Waals surface area contributed by atoms with E-state index in [1.54, 1.807) is 24.3 Å². The van der Waals surface area contributed by atoms with Gasteiger partial charge in [0, 0.05) is 56.0 Å². The summed E-state index contributed by atoms with van der Waals surface area (Å²) in [6.07, 6.45) is 3.25. The largest absolute Gasteiger partial charge is 0.455 e. The summed E-state index contributed by atoms with van der Waals surface area (Å²) >= 11 is 0. The van der Waals surface area contributed by atoms with E-state index in [0.29, 0.717) is 53.7 Å². The van der Waals surface area contributed by atoms with Gasteiger partial charge in [-0.1, -0.05) is 12.1 Å². The number of benzene rings is 3. The van der Waals surface area contributed by atoms with Crippen LogP contribution in [0.5, 0.6) is 0 Å². The Balaban J connectivity index is 1.39. The molecule has 1 saturated carbocycles. The molecule has 230 valence electrons. The molecular weight excluding hydrogens is 588 g/mol. The van der Waals surface area contributed by atoms with Gasteiger partial charge in [0.25, 0.3) is 5.91 Å². The van der Waals surface area contributed by atoms with Gasteiger partial charge in [0.05, 0.1) is 17.5 Å². The van der Waals surface area contributed by atoms with Crippen molar-refractivity contribution in [2.45, 2.75) is 31.1 Å². The minimum Gasteiger partial charge on any atom is -0.455 e. The molecule has 2 unspecified atom stereocenters. The number of furan rings is 1. The molecule has 44 heavy (non-hydrogen) atoms. The second-order valence-electron chi connectivity index (χ2n) is 11.7. The van der Waals surface area contributed by atoms with E-state index in [9.17, 15) is 26.8 Å². The van der Waals surface area contributed by atoms with Gasteiger partial charge in [-0.25, -0.2) is 17.2 Å². The molecule has 2 aliphatic rings. The van der Waals surface area contributed by atoms with Crippen LogP contribution in [0, 0.1) is 17.6 Å². The number of amides is 2. The molecule has 6 rings (SSSR count). The van der Waals surface area contributed by atoms with E-state index >= 15 is 0 Å². The summed E-state index contributed by atoms with van der Waals surface area (Å²) in [6, 6.07) is 15.3. The number of anilines is 1. The van der Waals surface area contributed by atoms with Crippen LogP contribution in [-0.4, -0.2) is 58.6 Å². The summed E-state index contributed by atoms with van der Waals surface area (Å²) < 4.78 is 60.0. The molecule has 3 atom stereocenters. The number of carbonyl (C=O) groups excluding carboxylic acids is 2. The Morgan fingerprint density at radius 2 is 1.68 bits per heavy atom. The Labute approximate surface area is 254 Å². The number of hydrogen-bond donors (Lipinski definition) is 1. The van der Waals surface area contributed by atoms with Gasteiger partial charge in [-0.05, 0) is 78.8 Å². The number of sulfonamides is 1. The third-order valence-electron chi connectivity index (χ3n) is 8.81. The van der Waals surface area contributed by atoms with Crippen LogP contribution in [0.25, 0.3) is 22.3 Å². The third-order valence-corrected chi connectivity index (χ3v) is 10.0. The third kappa shape index (κ3) is 5.56. The molecule has 11 heteroatoms. The maximum absolute atomic E-state index is 13.7. The van der Waals surface area contributed by atoms with Crippen LogP contribution in [0.15, 0.2) is 65.1 Å². The summed E-state index contributed by atoms with van der Waals surface area (Å²) in [5.74, 6) is -1.20. The molecule has 4 aromatic rings. The first kappa shape index (κ1) is 29.8. The van der Waals surface area contributed by atoms with Crippen molar-refractivity contribution in [2.24, 2.45) is 5.92 Å². The van der Waals surface area contributed by atoms with E-state index in [4.69, 9.17) is 4.42 Å². The topological polar surface area (TPSA) is 99.9 Å². The van der Waals surface area contributed by atoms with Crippen molar-refractivity contribution >= 4 is 38.5 Å². The monoisotopic (exact) mass is 621 g/mol. The highest BCUT2D eigenvalue weighted by molar-refractivity contribution is 7.92. The molecule has 0 spiro atoms. The fraction of sp³-hybridized carbons (Fsp3) is 0.333. The van der Waals surface area contributed by atoms with E-state index in [1.165, 1.54) is 54.8 Å². The van der Waals surface area contributed by atoms with Crippen LogP contribution >= 0.6 is 0 Å². The quantitative estimate of drug-likeness (QED) is 0.288. The van der Waals surface area contributed by atoms with Crippen LogP contribution in [0.2, 0.25) is 0 Å². The zero-order chi connectivity index (χ0) is 31.3. The highest BCUT2D eigenvalue weighted by atomic mass is 32.2. The average Bonchev–Trinajstić information content (AvgIpc) is 3.73. The van der Waals surface area contributed by atoms with E-state index in [1.807, 2.05) is 4.90 Å². The summed E-state index contributed by atoms with van der Waals surface area (Å²) in [6.45, 7) is 0.977. The Bertz CT molecular complexity index is 1860. The lowest BCUT2D eigenvalue weighted by Gasteiger charge is -2.35. The number of carbonyl (C=O) groups is 2. The number of rotatable bonds is 7. The van der Waals surface area contributed by atoms with Crippen molar-refractivity contribution in [3.8, 4) is 11.3 Å². The fourth-order valence-corrected chi connectivity index (χ4v) is 6.81. The van der Waals surface area contributed by atoms with Crippen LogP contribution < -0.4 is 9.62 Å². The Hall–Kier alpha value is -4.25. The molecule has 1 aliphatic heterocycles. The molecule has 3 aromatic carbocycles. The number of halogens is 2. The first-order valence-electron chi connectivity index (χ1n) is 14.5. The van der Waals surface area contributed by atoms with E-state index in [2.05, 4.69) is 5.32 Å². The van der Waals surface area contributed by atoms with Crippen LogP contribution in [0.4, 0.5) is 14.5 Å². The van der Waals surface area contributed by atoms with Gasteiger partial charge in [-0.15, -0.1) is 0 Å². The molecule has 8 nitrogen and oxygen atoms in total. The molecule has 2 heterocycles. The van der Waals surface area contributed by atoms with Crippen LogP contribution in [0.1, 0.15) is 52.6 Å². The minimum atomic E-state index is -3.68.